The van der Waals surface area contributed by atoms with Crippen molar-refractivity contribution in [3.05, 3.63) is 22.8 Å². The lowest BCUT2D eigenvalue weighted by Crippen LogP contribution is -2.38. The molecule has 16 heavy (non-hydrogen) atoms. The summed E-state index contributed by atoms with van der Waals surface area (Å²) in [6.07, 6.45) is 5.57. The Morgan fingerprint density at radius 2 is 2.38 bits per heavy atom. The van der Waals surface area contributed by atoms with Crippen LogP contribution in [0, 0.1) is 0 Å². The van der Waals surface area contributed by atoms with Crippen LogP contribution in [0.4, 0.5) is 5.82 Å². The predicted octanol–water partition coefficient (Wildman–Crippen LogP) is 2.57. The highest BCUT2D eigenvalue weighted by molar-refractivity contribution is 6.33. The van der Waals surface area contributed by atoms with Crippen molar-refractivity contribution in [2.75, 3.05) is 11.4 Å². The Bertz CT molecular complexity index is 367. The predicted molar refractivity (Wildman–Crippen MR) is 67.8 cm³/mol. The van der Waals surface area contributed by atoms with Gasteiger partial charge in [0.05, 0.1) is 5.02 Å². The van der Waals surface area contributed by atoms with Crippen LogP contribution in [0.5, 0.6) is 0 Å². The van der Waals surface area contributed by atoms with E-state index < -0.39 is 0 Å². The molecule has 1 aromatic rings. The Balaban J connectivity index is 2.25. The molecule has 1 fully saturated rings. The second kappa shape index (κ2) is 5.02. The molecule has 0 spiro atoms. The molecule has 0 aliphatic carbocycles. The fourth-order valence-corrected chi connectivity index (χ4v) is 2.50. The maximum Gasteiger partial charge on any atom is 0.147 e. The monoisotopic (exact) mass is 239 g/mol. The molecule has 88 valence electrons. The number of rotatable bonds is 2. The number of hydrogen-bond acceptors (Lipinski definition) is 3. The van der Waals surface area contributed by atoms with Gasteiger partial charge in [-0.1, -0.05) is 11.6 Å². The van der Waals surface area contributed by atoms with Crippen LogP contribution < -0.4 is 10.6 Å². The Labute approximate surface area is 102 Å². The number of anilines is 1. The standard InChI is InChI=1S/C12H18ClN3/c1-9-4-2-3-5-16(9)12-11(13)6-10(7-14)8-15-12/h6,8-9H,2-5,7,14H2,1H3. The van der Waals surface area contributed by atoms with Crippen molar-refractivity contribution in [3.8, 4) is 0 Å². The SMILES string of the molecule is CC1CCCCN1c1ncc(CN)cc1Cl. The van der Waals surface area contributed by atoms with Gasteiger partial charge in [-0.05, 0) is 37.8 Å². The molecule has 3 nitrogen and oxygen atoms in total. The second-order valence-electron chi connectivity index (χ2n) is 4.39. The Morgan fingerprint density at radius 3 is 3.00 bits per heavy atom. The van der Waals surface area contributed by atoms with Crippen LogP contribution in [-0.4, -0.2) is 17.6 Å². The first-order chi connectivity index (χ1) is 7.72. The molecule has 0 amide bonds. The lowest BCUT2D eigenvalue weighted by molar-refractivity contribution is 0.481. The summed E-state index contributed by atoms with van der Waals surface area (Å²) in [6.45, 7) is 3.77. The van der Waals surface area contributed by atoms with Gasteiger partial charge in [-0.2, -0.15) is 0 Å². The molecular formula is C12H18ClN3. The lowest BCUT2D eigenvalue weighted by atomic mass is 10.0. The minimum absolute atomic E-state index is 0.489. The number of pyridine rings is 1. The summed E-state index contributed by atoms with van der Waals surface area (Å²) in [5.41, 5.74) is 6.55. The fraction of sp³-hybridized carbons (Fsp3) is 0.583. The Hall–Kier alpha value is -0.800. The first-order valence-corrected chi connectivity index (χ1v) is 6.21. The van der Waals surface area contributed by atoms with Crippen LogP contribution in [0.2, 0.25) is 5.02 Å². The quantitative estimate of drug-likeness (QED) is 0.863. The van der Waals surface area contributed by atoms with E-state index in [0.717, 1.165) is 22.9 Å². The van der Waals surface area contributed by atoms with Crippen molar-refractivity contribution >= 4 is 17.4 Å². The molecule has 2 N–H and O–H groups in total. The first-order valence-electron chi connectivity index (χ1n) is 5.83. The van der Waals surface area contributed by atoms with Crippen LogP contribution in [0.3, 0.4) is 0 Å². The largest absolute Gasteiger partial charge is 0.353 e. The van der Waals surface area contributed by atoms with Crippen molar-refractivity contribution in [2.24, 2.45) is 5.73 Å². The van der Waals surface area contributed by atoms with Gasteiger partial charge in [0.15, 0.2) is 0 Å². The van der Waals surface area contributed by atoms with E-state index in [1.807, 2.05) is 12.3 Å². The van der Waals surface area contributed by atoms with E-state index in [1.165, 1.54) is 19.3 Å². The third-order valence-corrected chi connectivity index (χ3v) is 3.47. The molecule has 2 heterocycles. The number of nitrogens with zero attached hydrogens (tertiary/aromatic N) is 2. The maximum atomic E-state index is 6.25. The summed E-state index contributed by atoms with van der Waals surface area (Å²) in [6, 6.07) is 2.45. The number of nitrogens with two attached hydrogens (primary N) is 1. The van der Waals surface area contributed by atoms with Crippen molar-refractivity contribution in [3.63, 3.8) is 0 Å². The fourth-order valence-electron chi connectivity index (χ4n) is 2.21. The van der Waals surface area contributed by atoms with E-state index in [4.69, 9.17) is 17.3 Å². The van der Waals surface area contributed by atoms with Crippen molar-refractivity contribution < 1.29 is 0 Å². The van der Waals surface area contributed by atoms with E-state index in [2.05, 4.69) is 16.8 Å². The van der Waals surface area contributed by atoms with E-state index in [1.54, 1.807) is 0 Å². The van der Waals surface area contributed by atoms with Gasteiger partial charge in [0, 0.05) is 25.3 Å². The summed E-state index contributed by atoms with van der Waals surface area (Å²) < 4.78 is 0. The summed E-state index contributed by atoms with van der Waals surface area (Å²) in [5, 5.41) is 0.719. The van der Waals surface area contributed by atoms with Gasteiger partial charge in [0.1, 0.15) is 5.82 Å². The lowest BCUT2D eigenvalue weighted by Gasteiger charge is -2.34. The highest BCUT2D eigenvalue weighted by Crippen LogP contribution is 2.29. The molecule has 1 atom stereocenters. The molecule has 1 saturated heterocycles. The van der Waals surface area contributed by atoms with E-state index >= 15 is 0 Å². The molecule has 1 aliphatic rings. The molecule has 0 saturated carbocycles. The second-order valence-corrected chi connectivity index (χ2v) is 4.80. The number of aromatic nitrogens is 1. The van der Waals surface area contributed by atoms with Gasteiger partial charge < -0.3 is 10.6 Å². The average molecular weight is 240 g/mol. The van der Waals surface area contributed by atoms with Crippen LogP contribution in [0.1, 0.15) is 31.7 Å². The highest BCUT2D eigenvalue weighted by Gasteiger charge is 2.21. The summed E-state index contributed by atoms with van der Waals surface area (Å²) in [7, 11) is 0. The van der Waals surface area contributed by atoms with Crippen LogP contribution >= 0.6 is 11.6 Å². The molecule has 2 rings (SSSR count). The zero-order valence-electron chi connectivity index (χ0n) is 9.62. The Kier molecular flexibility index (Phi) is 3.66. The average Bonchev–Trinajstić information content (AvgIpc) is 2.30. The molecule has 4 heteroatoms. The zero-order valence-corrected chi connectivity index (χ0v) is 10.4. The van der Waals surface area contributed by atoms with E-state index in [9.17, 15) is 0 Å². The first kappa shape index (κ1) is 11.7. The third kappa shape index (κ3) is 2.30. The molecular weight excluding hydrogens is 222 g/mol. The van der Waals surface area contributed by atoms with Crippen molar-refractivity contribution in [2.45, 2.75) is 38.8 Å². The summed E-state index contributed by atoms with van der Waals surface area (Å²) in [4.78, 5) is 6.73. The van der Waals surface area contributed by atoms with Crippen molar-refractivity contribution in [1.82, 2.24) is 4.98 Å². The third-order valence-electron chi connectivity index (χ3n) is 3.19. The Morgan fingerprint density at radius 1 is 1.56 bits per heavy atom. The van der Waals surface area contributed by atoms with Crippen LogP contribution in [-0.2, 0) is 6.54 Å². The number of halogens is 1. The van der Waals surface area contributed by atoms with Gasteiger partial charge in [-0.15, -0.1) is 0 Å². The minimum Gasteiger partial charge on any atom is -0.353 e. The topological polar surface area (TPSA) is 42.2 Å². The normalized spacial score (nSPS) is 21.2. The molecule has 1 aliphatic heterocycles. The van der Waals surface area contributed by atoms with Crippen LogP contribution in [0.25, 0.3) is 0 Å². The van der Waals surface area contributed by atoms with Gasteiger partial charge in [-0.25, -0.2) is 4.98 Å². The van der Waals surface area contributed by atoms with Gasteiger partial charge >= 0.3 is 0 Å². The highest BCUT2D eigenvalue weighted by atomic mass is 35.5. The zero-order chi connectivity index (χ0) is 11.5. The van der Waals surface area contributed by atoms with E-state index in [0.29, 0.717) is 12.6 Å². The van der Waals surface area contributed by atoms with Crippen LogP contribution in [0.15, 0.2) is 12.3 Å². The smallest absolute Gasteiger partial charge is 0.147 e. The number of hydrogen-bond donors (Lipinski definition) is 1. The molecule has 0 bridgehead atoms. The van der Waals surface area contributed by atoms with Crippen molar-refractivity contribution in [1.29, 1.82) is 0 Å². The van der Waals surface area contributed by atoms with Gasteiger partial charge in [0.2, 0.25) is 0 Å². The van der Waals surface area contributed by atoms with Gasteiger partial charge in [0.25, 0.3) is 0 Å². The van der Waals surface area contributed by atoms with Gasteiger partial charge in [-0.3, -0.25) is 0 Å². The molecule has 1 unspecified atom stereocenters. The number of piperidine rings is 1. The van der Waals surface area contributed by atoms with E-state index in [-0.39, 0.29) is 0 Å². The molecule has 0 aromatic carbocycles. The minimum atomic E-state index is 0.489. The summed E-state index contributed by atoms with van der Waals surface area (Å²) in [5.74, 6) is 0.908. The summed E-state index contributed by atoms with van der Waals surface area (Å²) >= 11 is 6.25. The molecule has 1 aromatic heterocycles. The molecule has 0 radical (unpaired) electrons. The maximum absolute atomic E-state index is 6.25.